The smallest absolute Gasteiger partial charge is 0.157 e. The average Bonchev–Trinajstić information content (AvgIpc) is 2.57. The minimum Gasteiger partial charge on any atom is -0.504 e. The monoisotopic (exact) mass is 330 g/mol. The fourth-order valence-corrected chi connectivity index (χ4v) is 2.54. The van der Waals surface area contributed by atoms with Gasteiger partial charge in [0.25, 0.3) is 0 Å². The molecule has 0 fully saturated rings. The van der Waals surface area contributed by atoms with Gasteiger partial charge in [0, 0.05) is 11.8 Å². The van der Waals surface area contributed by atoms with Crippen LogP contribution >= 0.6 is 0 Å². The molecule has 24 heavy (non-hydrogen) atoms. The highest BCUT2D eigenvalue weighted by atomic mass is 16.3. The highest BCUT2D eigenvalue weighted by Gasteiger charge is 2.22. The van der Waals surface area contributed by atoms with Crippen LogP contribution < -0.4 is 0 Å². The van der Waals surface area contributed by atoms with Crippen LogP contribution in [0.4, 0.5) is 0 Å². The van der Waals surface area contributed by atoms with Crippen LogP contribution in [0.1, 0.15) is 11.1 Å². The number of aromatic hydroxyl groups is 4. The SMILES string of the molecule is O=CC(Cc1ccc(O)c(O)c1)C(C=O)Cc1ccc(O)c(O)c1. The molecule has 2 aromatic carbocycles. The van der Waals surface area contributed by atoms with Crippen LogP contribution in [0.2, 0.25) is 0 Å². The molecule has 6 heteroatoms. The minimum atomic E-state index is -0.623. The normalized spacial score (nSPS) is 13.2. The molecule has 0 aliphatic rings. The van der Waals surface area contributed by atoms with E-state index in [1.807, 2.05) is 0 Å². The van der Waals surface area contributed by atoms with Crippen LogP contribution in [0, 0.1) is 11.8 Å². The predicted molar refractivity (Wildman–Crippen MR) is 86.1 cm³/mol. The fraction of sp³-hybridized carbons (Fsp3) is 0.222. The highest BCUT2D eigenvalue weighted by Crippen LogP contribution is 2.29. The van der Waals surface area contributed by atoms with Gasteiger partial charge >= 0.3 is 0 Å². The van der Waals surface area contributed by atoms with Crippen LogP contribution in [0.25, 0.3) is 0 Å². The van der Waals surface area contributed by atoms with Crippen LogP contribution in [0.5, 0.6) is 23.0 Å². The average molecular weight is 330 g/mol. The quantitative estimate of drug-likeness (QED) is 0.455. The molecule has 0 radical (unpaired) electrons. The Kier molecular flexibility index (Phi) is 5.42. The van der Waals surface area contributed by atoms with E-state index in [0.29, 0.717) is 23.7 Å². The summed E-state index contributed by atoms with van der Waals surface area (Å²) in [6.45, 7) is 0. The van der Waals surface area contributed by atoms with Gasteiger partial charge in [-0.05, 0) is 48.2 Å². The van der Waals surface area contributed by atoms with Crippen molar-refractivity contribution < 1.29 is 30.0 Å². The third kappa shape index (κ3) is 4.04. The lowest BCUT2D eigenvalue weighted by Gasteiger charge is -2.18. The Labute approximate surface area is 138 Å². The number of carbonyl (C=O) groups excluding carboxylic acids is 2. The Morgan fingerprint density at radius 3 is 1.33 bits per heavy atom. The zero-order valence-electron chi connectivity index (χ0n) is 12.8. The van der Waals surface area contributed by atoms with Gasteiger partial charge in [-0.2, -0.15) is 0 Å². The first-order chi connectivity index (χ1) is 11.4. The van der Waals surface area contributed by atoms with Gasteiger partial charge in [0.05, 0.1) is 0 Å². The largest absolute Gasteiger partial charge is 0.504 e. The first-order valence-corrected chi connectivity index (χ1v) is 7.37. The van der Waals surface area contributed by atoms with E-state index in [0.717, 1.165) is 0 Å². The lowest BCUT2D eigenvalue weighted by Crippen LogP contribution is -2.22. The standard InChI is InChI=1S/C18H18O6/c19-9-13(5-11-1-3-15(21)17(23)7-11)14(10-20)6-12-2-4-16(22)18(24)8-12/h1-4,7-10,13-14,21-24H,5-6H2. The van der Waals surface area contributed by atoms with E-state index in [2.05, 4.69) is 0 Å². The topological polar surface area (TPSA) is 115 Å². The van der Waals surface area contributed by atoms with Gasteiger partial charge < -0.3 is 30.0 Å². The van der Waals surface area contributed by atoms with Crippen molar-refractivity contribution in [2.75, 3.05) is 0 Å². The number of benzene rings is 2. The van der Waals surface area contributed by atoms with Gasteiger partial charge in [-0.15, -0.1) is 0 Å². The maximum atomic E-state index is 11.4. The van der Waals surface area contributed by atoms with E-state index in [-0.39, 0.29) is 35.8 Å². The van der Waals surface area contributed by atoms with E-state index in [1.54, 1.807) is 12.1 Å². The van der Waals surface area contributed by atoms with Crippen molar-refractivity contribution in [2.45, 2.75) is 12.8 Å². The Morgan fingerprint density at radius 1 is 0.667 bits per heavy atom. The molecule has 0 heterocycles. The maximum absolute atomic E-state index is 11.4. The molecule has 0 amide bonds. The number of rotatable bonds is 7. The zero-order chi connectivity index (χ0) is 17.7. The Balaban J connectivity index is 2.16. The molecule has 6 nitrogen and oxygen atoms in total. The molecule has 0 aliphatic carbocycles. The summed E-state index contributed by atoms with van der Waals surface area (Å²) in [5.74, 6) is -2.34. The molecule has 2 rings (SSSR count). The molecular formula is C18H18O6. The van der Waals surface area contributed by atoms with Gasteiger partial charge in [-0.25, -0.2) is 0 Å². The molecule has 0 aliphatic heterocycles. The molecule has 0 bridgehead atoms. The number of phenols is 4. The molecule has 2 unspecified atom stereocenters. The van der Waals surface area contributed by atoms with Crippen molar-refractivity contribution in [3.8, 4) is 23.0 Å². The number of aldehydes is 2. The summed E-state index contributed by atoms with van der Waals surface area (Å²) in [6, 6.07) is 8.47. The summed E-state index contributed by atoms with van der Waals surface area (Å²) in [4.78, 5) is 22.8. The number of hydrogen-bond donors (Lipinski definition) is 4. The summed E-state index contributed by atoms with van der Waals surface area (Å²) < 4.78 is 0. The second-order valence-corrected chi connectivity index (χ2v) is 5.65. The first kappa shape index (κ1) is 17.3. The van der Waals surface area contributed by atoms with Crippen molar-refractivity contribution in [3.63, 3.8) is 0 Å². The lowest BCUT2D eigenvalue weighted by atomic mass is 9.84. The lowest BCUT2D eigenvalue weighted by molar-refractivity contribution is -0.119. The summed E-state index contributed by atoms with van der Waals surface area (Å²) in [5, 5.41) is 37.7. The van der Waals surface area contributed by atoms with E-state index in [1.165, 1.54) is 24.3 Å². The number of hydrogen-bond acceptors (Lipinski definition) is 6. The van der Waals surface area contributed by atoms with E-state index >= 15 is 0 Å². The molecule has 2 atom stereocenters. The maximum Gasteiger partial charge on any atom is 0.157 e. The molecule has 126 valence electrons. The Bertz CT molecular complexity index is 677. The first-order valence-electron chi connectivity index (χ1n) is 7.37. The van der Waals surface area contributed by atoms with Crippen molar-refractivity contribution in [2.24, 2.45) is 11.8 Å². The second kappa shape index (κ2) is 7.50. The molecular weight excluding hydrogens is 312 g/mol. The van der Waals surface area contributed by atoms with E-state index < -0.39 is 11.8 Å². The summed E-state index contributed by atoms with van der Waals surface area (Å²) in [6.07, 6.45) is 1.82. The van der Waals surface area contributed by atoms with Crippen molar-refractivity contribution in [1.82, 2.24) is 0 Å². The predicted octanol–water partition coefficient (Wildman–Crippen LogP) is 1.92. The Morgan fingerprint density at radius 2 is 1.04 bits per heavy atom. The molecule has 0 saturated heterocycles. The number of phenolic OH excluding ortho intramolecular Hbond substituents is 4. The molecule has 4 N–H and O–H groups in total. The van der Waals surface area contributed by atoms with Crippen LogP contribution in [0.3, 0.4) is 0 Å². The van der Waals surface area contributed by atoms with Crippen molar-refractivity contribution in [1.29, 1.82) is 0 Å². The minimum absolute atomic E-state index is 0.227. The zero-order valence-corrected chi connectivity index (χ0v) is 12.8. The summed E-state index contributed by atoms with van der Waals surface area (Å²) in [7, 11) is 0. The second-order valence-electron chi connectivity index (χ2n) is 5.65. The molecule has 2 aromatic rings. The van der Waals surface area contributed by atoms with E-state index in [4.69, 9.17) is 0 Å². The third-order valence-corrected chi connectivity index (χ3v) is 3.92. The molecule has 0 spiro atoms. The number of carbonyl (C=O) groups is 2. The Hall–Kier alpha value is -3.02. The van der Waals surface area contributed by atoms with Gasteiger partial charge in [0.1, 0.15) is 12.6 Å². The fourth-order valence-electron chi connectivity index (χ4n) is 2.54. The van der Waals surface area contributed by atoms with Crippen LogP contribution in [-0.4, -0.2) is 33.0 Å². The highest BCUT2D eigenvalue weighted by molar-refractivity contribution is 5.66. The molecule has 0 aromatic heterocycles. The van der Waals surface area contributed by atoms with E-state index in [9.17, 15) is 30.0 Å². The van der Waals surface area contributed by atoms with Crippen molar-refractivity contribution >= 4 is 12.6 Å². The van der Waals surface area contributed by atoms with Crippen molar-refractivity contribution in [3.05, 3.63) is 47.5 Å². The third-order valence-electron chi connectivity index (χ3n) is 3.92. The van der Waals surface area contributed by atoms with Gasteiger partial charge in [0.2, 0.25) is 0 Å². The van der Waals surface area contributed by atoms with Gasteiger partial charge in [0.15, 0.2) is 23.0 Å². The van der Waals surface area contributed by atoms with Gasteiger partial charge in [-0.1, -0.05) is 12.1 Å². The summed E-state index contributed by atoms with van der Waals surface area (Å²) >= 11 is 0. The van der Waals surface area contributed by atoms with Crippen LogP contribution in [0.15, 0.2) is 36.4 Å². The summed E-state index contributed by atoms with van der Waals surface area (Å²) in [5.41, 5.74) is 1.23. The van der Waals surface area contributed by atoms with Crippen LogP contribution in [-0.2, 0) is 22.4 Å². The van der Waals surface area contributed by atoms with Gasteiger partial charge in [-0.3, -0.25) is 0 Å². The molecule has 0 saturated carbocycles.